The van der Waals surface area contributed by atoms with E-state index in [2.05, 4.69) is 19.4 Å². The standard InChI is InChI=1S/C4H4N6S/c5-3-8-4(9-11-3)10-2-6-1-7-10/h1-2H,(H2,5,8,9). The highest BCUT2D eigenvalue weighted by Gasteiger charge is 2.01. The maximum atomic E-state index is 5.37. The van der Waals surface area contributed by atoms with Crippen molar-refractivity contribution < 1.29 is 0 Å². The zero-order valence-corrected chi connectivity index (χ0v) is 6.19. The molecule has 6 nitrogen and oxygen atoms in total. The number of hydrogen-bond acceptors (Lipinski definition) is 6. The SMILES string of the molecule is Nc1nc(-n2cncn2)ns1. The molecule has 0 unspecified atom stereocenters. The first kappa shape index (κ1) is 6.23. The molecule has 0 aliphatic rings. The Kier molecular flexibility index (Phi) is 1.29. The monoisotopic (exact) mass is 168 g/mol. The first-order valence-electron chi connectivity index (χ1n) is 2.80. The highest BCUT2D eigenvalue weighted by atomic mass is 32.1. The van der Waals surface area contributed by atoms with E-state index in [4.69, 9.17) is 5.73 Å². The van der Waals surface area contributed by atoms with E-state index in [1.165, 1.54) is 17.3 Å². The molecular weight excluding hydrogens is 164 g/mol. The van der Waals surface area contributed by atoms with Crippen molar-refractivity contribution in [2.24, 2.45) is 0 Å². The van der Waals surface area contributed by atoms with Crippen molar-refractivity contribution in [1.29, 1.82) is 0 Å². The fourth-order valence-corrected chi connectivity index (χ4v) is 1.05. The minimum atomic E-state index is 0.426. The zero-order valence-electron chi connectivity index (χ0n) is 5.38. The van der Waals surface area contributed by atoms with Crippen LogP contribution in [0.4, 0.5) is 5.13 Å². The molecule has 0 amide bonds. The summed E-state index contributed by atoms with van der Waals surface area (Å²) in [4.78, 5) is 7.64. The molecule has 56 valence electrons. The van der Waals surface area contributed by atoms with Gasteiger partial charge in [-0.1, -0.05) is 0 Å². The first-order chi connectivity index (χ1) is 5.36. The molecule has 7 heteroatoms. The van der Waals surface area contributed by atoms with Crippen LogP contribution in [0.25, 0.3) is 5.95 Å². The van der Waals surface area contributed by atoms with Crippen molar-refractivity contribution in [3.8, 4) is 5.95 Å². The van der Waals surface area contributed by atoms with E-state index in [-0.39, 0.29) is 0 Å². The van der Waals surface area contributed by atoms with Gasteiger partial charge in [-0.3, -0.25) is 0 Å². The molecule has 2 rings (SSSR count). The van der Waals surface area contributed by atoms with Crippen LogP contribution in [0.1, 0.15) is 0 Å². The lowest BCUT2D eigenvalue weighted by Crippen LogP contribution is -1.96. The summed E-state index contributed by atoms with van der Waals surface area (Å²) in [6.45, 7) is 0. The first-order valence-corrected chi connectivity index (χ1v) is 3.58. The van der Waals surface area contributed by atoms with Gasteiger partial charge in [-0.2, -0.15) is 14.8 Å². The lowest BCUT2D eigenvalue weighted by Gasteiger charge is -1.87. The van der Waals surface area contributed by atoms with E-state index in [0.717, 1.165) is 11.5 Å². The number of nitrogens with zero attached hydrogens (tertiary/aromatic N) is 5. The van der Waals surface area contributed by atoms with Crippen LogP contribution in [-0.2, 0) is 0 Å². The molecule has 11 heavy (non-hydrogen) atoms. The molecule has 0 saturated carbocycles. The van der Waals surface area contributed by atoms with Gasteiger partial charge in [0.15, 0.2) is 0 Å². The van der Waals surface area contributed by atoms with Gasteiger partial charge in [0.25, 0.3) is 5.95 Å². The third-order valence-corrected chi connectivity index (χ3v) is 1.59. The second-order valence-electron chi connectivity index (χ2n) is 1.77. The van der Waals surface area contributed by atoms with Gasteiger partial charge in [0.1, 0.15) is 12.7 Å². The zero-order chi connectivity index (χ0) is 7.68. The van der Waals surface area contributed by atoms with E-state index >= 15 is 0 Å². The molecule has 2 heterocycles. The van der Waals surface area contributed by atoms with Crippen molar-refractivity contribution in [2.45, 2.75) is 0 Å². The highest BCUT2D eigenvalue weighted by Crippen LogP contribution is 2.07. The molecular formula is C4H4N6S. The van der Waals surface area contributed by atoms with E-state index < -0.39 is 0 Å². The topological polar surface area (TPSA) is 82.5 Å². The van der Waals surface area contributed by atoms with Crippen LogP contribution < -0.4 is 5.73 Å². The molecule has 0 bridgehead atoms. The van der Waals surface area contributed by atoms with Crippen molar-refractivity contribution in [2.75, 3.05) is 5.73 Å². The second-order valence-corrected chi connectivity index (χ2v) is 2.56. The Hall–Kier alpha value is -1.50. The molecule has 0 atom stereocenters. The van der Waals surface area contributed by atoms with Crippen LogP contribution >= 0.6 is 11.5 Å². The van der Waals surface area contributed by atoms with Gasteiger partial charge in [0.2, 0.25) is 5.13 Å². The quantitative estimate of drug-likeness (QED) is 0.632. The molecule has 0 aliphatic heterocycles. The van der Waals surface area contributed by atoms with Crippen LogP contribution in [0.15, 0.2) is 12.7 Å². The van der Waals surface area contributed by atoms with E-state index in [9.17, 15) is 0 Å². The molecule has 0 spiro atoms. The average molecular weight is 168 g/mol. The van der Waals surface area contributed by atoms with E-state index in [1.807, 2.05) is 0 Å². The van der Waals surface area contributed by atoms with Crippen molar-refractivity contribution in [3.63, 3.8) is 0 Å². The van der Waals surface area contributed by atoms with Crippen LogP contribution in [0, 0.1) is 0 Å². The summed E-state index contributed by atoms with van der Waals surface area (Å²) in [7, 11) is 0. The molecule has 2 N–H and O–H groups in total. The Morgan fingerprint density at radius 1 is 1.55 bits per heavy atom. The van der Waals surface area contributed by atoms with Crippen molar-refractivity contribution in [3.05, 3.63) is 12.7 Å². The number of aromatic nitrogens is 5. The molecule has 0 aromatic carbocycles. The normalized spacial score (nSPS) is 10.2. The fourth-order valence-electron chi connectivity index (χ4n) is 0.632. The second kappa shape index (κ2) is 2.27. The Morgan fingerprint density at radius 3 is 3.00 bits per heavy atom. The molecule has 2 aromatic heterocycles. The summed E-state index contributed by atoms with van der Waals surface area (Å²) in [6, 6.07) is 0. The van der Waals surface area contributed by atoms with Gasteiger partial charge in [0.05, 0.1) is 0 Å². The van der Waals surface area contributed by atoms with Crippen molar-refractivity contribution >= 4 is 16.7 Å². The third-order valence-electron chi connectivity index (χ3n) is 1.05. The maximum Gasteiger partial charge on any atom is 0.265 e. The summed E-state index contributed by atoms with van der Waals surface area (Å²) in [5, 5.41) is 4.26. The minimum Gasteiger partial charge on any atom is -0.374 e. The summed E-state index contributed by atoms with van der Waals surface area (Å²) < 4.78 is 5.38. The number of rotatable bonds is 1. The lowest BCUT2D eigenvalue weighted by atomic mass is 11.0. The molecule has 2 aromatic rings. The largest absolute Gasteiger partial charge is 0.374 e. The van der Waals surface area contributed by atoms with Gasteiger partial charge in [-0.15, -0.1) is 4.37 Å². The van der Waals surface area contributed by atoms with Crippen molar-refractivity contribution in [1.82, 2.24) is 24.1 Å². The molecule has 0 fully saturated rings. The van der Waals surface area contributed by atoms with Gasteiger partial charge >= 0.3 is 0 Å². The Bertz CT molecular complexity index is 337. The average Bonchev–Trinajstić information content (AvgIpc) is 2.55. The van der Waals surface area contributed by atoms with Gasteiger partial charge in [-0.25, -0.2) is 4.98 Å². The summed E-state index contributed by atoms with van der Waals surface area (Å²) in [5.41, 5.74) is 5.37. The third kappa shape index (κ3) is 1.05. The molecule has 0 aliphatic carbocycles. The summed E-state index contributed by atoms with van der Waals surface area (Å²) in [5.74, 6) is 0.463. The predicted octanol–water partition coefficient (Wildman–Crippen LogP) is -0.299. The Balaban J connectivity index is 2.45. The molecule has 0 radical (unpaired) electrons. The van der Waals surface area contributed by atoms with Gasteiger partial charge in [-0.05, 0) is 0 Å². The van der Waals surface area contributed by atoms with Crippen LogP contribution in [-0.4, -0.2) is 24.1 Å². The van der Waals surface area contributed by atoms with Gasteiger partial charge < -0.3 is 5.73 Å². The number of nitrogen functional groups attached to an aromatic ring is 1. The Labute approximate surface area is 65.9 Å². The fraction of sp³-hybridized carbons (Fsp3) is 0. The highest BCUT2D eigenvalue weighted by molar-refractivity contribution is 7.09. The maximum absolute atomic E-state index is 5.37. The number of hydrogen-bond donors (Lipinski definition) is 1. The summed E-state index contributed by atoms with van der Waals surface area (Å²) in [6.07, 6.45) is 2.93. The lowest BCUT2D eigenvalue weighted by molar-refractivity contribution is 0.828. The number of nitrogens with two attached hydrogens (primary N) is 1. The van der Waals surface area contributed by atoms with Crippen LogP contribution in [0.2, 0.25) is 0 Å². The van der Waals surface area contributed by atoms with E-state index in [0.29, 0.717) is 11.1 Å². The minimum absolute atomic E-state index is 0.426. The number of anilines is 1. The smallest absolute Gasteiger partial charge is 0.265 e. The van der Waals surface area contributed by atoms with Crippen LogP contribution in [0.3, 0.4) is 0 Å². The van der Waals surface area contributed by atoms with E-state index in [1.54, 1.807) is 0 Å². The van der Waals surface area contributed by atoms with Crippen LogP contribution in [0.5, 0.6) is 0 Å². The molecule has 0 saturated heterocycles. The summed E-state index contributed by atoms with van der Waals surface area (Å²) >= 11 is 1.13. The van der Waals surface area contributed by atoms with Gasteiger partial charge in [0, 0.05) is 11.5 Å². The predicted molar refractivity (Wildman–Crippen MR) is 39.2 cm³/mol. The Morgan fingerprint density at radius 2 is 2.45 bits per heavy atom.